The Kier molecular flexibility index (Phi) is 4.77. The van der Waals surface area contributed by atoms with E-state index in [1.807, 2.05) is 24.3 Å². The number of pyridine rings is 1. The zero-order valence-corrected chi connectivity index (χ0v) is 11.8. The Morgan fingerprint density at radius 1 is 1.21 bits per heavy atom. The van der Waals surface area contributed by atoms with Crippen molar-refractivity contribution in [2.24, 2.45) is 0 Å². The zero-order valence-electron chi connectivity index (χ0n) is 11.1. The summed E-state index contributed by atoms with van der Waals surface area (Å²) >= 11 is 5.85. The number of rotatable bonds is 5. The topological polar surface area (TPSA) is 34.2 Å². The van der Waals surface area contributed by atoms with Gasteiger partial charge in [0, 0.05) is 29.4 Å². The third-order valence-electron chi connectivity index (χ3n) is 2.58. The molecule has 0 bridgehead atoms. The van der Waals surface area contributed by atoms with Crippen molar-refractivity contribution in [2.45, 2.75) is 26.4 Å². The molecule has 1 N–H and O–H groups in total. The molecule has 0 saturated carbocycles. The molecule has 0 fully saturated rings. The monoisotopic (exact) mass is 276 g/mol. The van der Waals surface area contributed by atoms with Crippen molar-refractivity contribution < 1.29 is 4.74 Å². The Labute approximate surface area is 118 Å². The van der Waals surface area contributed by atoms with E-state index in [2.05, 4.69) is 24.1 Å². The third kappa shape index (κ3) is 4.23. The SMILES string of the molecule is CC(C)NCc1cccnc1Oc1ccc(Cl)cc1. The Morgan fingerprint density at radius 3 is 2.63 bits per heavy atom. The normalized spacial score (nSPS) is 10.7. The first-order valence-corrected chi connectivity index (χ1v) is 6.63. The summed E-state index contributed by atoms with van der Waals surface area (Å²) in [4.78, 5) is 4.28. The molecule has 19 heavy (non-hydrogen) atoms. The number of aromatic nitrogens is 1. The number of nitrogens with zero attached hydrogens (tertiary/aromatic N) is 1. The molecule has 0 atom stereocenters. The van der Waals surface area contributed by atoms with Gasteiger partial charge in [-0.2, -0.15) is 0 Å². The van der Waals surface area contributed by atoms with E-state index in [0.717, 1.165) is 17.9 Å². The molecule has 0 aliphatic rings. The number of halogens is 1. The van der Waals surface area contributed by atoms with Crippen molar-refractivity contribution in [3.63, 3.8) is 0 Å². The van der Waals surface area contributed by atoms with E-state index in [-0.39, 0.29) is 0 Å². The maximum absolute atomic E-state index is 5.85. The highest BCUT2D eigenvalue weighted by Crippen LogP contribution is 2.24. The number of ether oxygens (including phenoxy) is 1. The first-order chi connectivity index (χ1) is 9.15. The van der Waals surface area contributed by atoms with E-state index in [1.54, 1.807) is 18.3 Å². The van der Waals surface area contributed by atoms with Gasteiger partial charge in [0.05, 0.1) is 0 Å². The van der Waals surface area contributed by atoms with Gasteiger partial charge in [-0.3, -0.25) is 0 Å². The summed E-state index contributed by atoms with van der Waals surface area (Å²) in [5.74, 6) is 1.35. The van der Waals surface area contributed by atoms with Gasteiger partial charge in [-0.05, 0) is 30.3 Å². The third-order valence-corrected chi connectivity index (χ3v) is 2.83. The van der Waals surface area contributed by atoms with Crippen molar-refractivity contribution in [1.82, 2.24) is 10.3 Å². The van der Waals surface area contributed by atoms with Crippen LogP contribution in [0.4, 0.5) is 0 Å². The molecule has 0 aliphatic carbocycles. The lowest BCUT2D eigenvalue weighted by Gasteiger charge is -2.12. The highest BCUT2D eigenvalue weighted by atomic mass is 35.5. The van der Waals surface area contributed by atoms with Gasteiger partial charge in [-0.1, -0.05) is 31.5 Å². The van der Waals surface area contributed by atoms with Gasteiger partial charge in [0.2, 0.25) is 5.88 Å². The van der Waals surface area contributed by atoms with Crippen molar-refractivity contribution >= 4 is 11.6 Å². The predicted octanol–water partition coefficient (Wildman–Crippen LogP) is 4.03. The fourth-order valence-corrected chi connectivity index (χ4v) is 1.70. The molecule has 3 nitrogen and oxygen atoms in total. The van der Waals surface area contributed by atoms with Crippen molar-refractivity contribution in [2.75, 3.05) is 0 Å². The lowest BCUT2D eigenvalue weighted by molar-refractivity contribution is 0.450. The highest BCUT2D eigenvalue weighted by molar-refractivity contribution is 6.30. The maximum Gasteiger partial charge on any atom is 0.223 e. The van der Waals surface area contributed by atoms with Crippen molar-refractivity contribution in [1.29, 1.82) is 0 Å². The first kappa shape index (κ1) is 13.8. The molecule has 2 rings (SSSR count). The second kappa shape index (κ2) is 6.55. The Morgan fingerprint density at radius 2 is 1.95 bits per heavy atom. The van der Waals surface area contributed by atoms with Gasteiger partial charge in [-0.15, -0.1) is 0 Å². The number of nitrogens with one attached hydrogen (secondary N) is 1. The molecule has 1 aromatic carbocycles. The Hall–Kier alpha value is -1.58. The van der Waals surface area contributed by atoms with Crippen LogP contribution in [-0.4, -0.2) is 11.0 Å². The molecule has 0 radical (unpaired) electrons. The van der Waals surface area contributed by atoms with Crippen LogP contribution in [0.1, 0.15) is 19.4 Å². The molecular weight excluding hydrogens is 260 g/mol. The number of hydrogen-bond acceptors (Lipinski definition) is 3. The van der Waals surface area contributed by atoms with E-state index in [9.17, 15) is 0 Å². The molecule has 2 aromatic rings. The summed E-state index contributed by atoms with van der Waals surface area (Å²) in [6.45, 7) is 4.95. The fraction of sp³-hybridized carbons (Fsp3) is 0.267. The van der Waals surface area contributed by atoms with E-state index in [1.165, 1.54) is 0 Å². The average molecular weight is 277 g/mol. The summed E-state index contributed by atoms with van der Waals surface area (Å²) < 4.78 is 5.79. The summed E-state index contributed by atoms with van der Waals surface area (Å²) in [6.07, 6.45) is 1.73. The predicted molar refractivity (Wildman–Crippen MR) is 77.7 cm³/mol. The smallest absolute Gasteiger partial charge is 0.223 e. The molecule has 4 heteroatoms. The Bertz CT molecular complexity index is 526. The fourth-order valence-electron chi connectivity index (χ4n) is 1.58. The van der Waals surface area contributed by atoms with E-state index < -0.39 is 0 Å². The van der Waals surface area contributed by atoms with Gasteiger partial charge in [0.15, 0.2) is 0 Å². The van der Waals surface area contributed by atoms with Crippen molar-refractivity contribution in [3.8, 4) is 11.6 Å². The summed E-state index contributed by atoms with van der Waals surface area (Å²) in [5, 5.41) is 4.05. The van der Waals surface area contributed by atoms with Crippen LogP contribution in [0.25, 0.3) is 0 Å². The van der Waals surface area contributed by atoms with Crippen LogP contribution >= 0.6 is 11.6 Å². The Balaban J connectivity index is 2.13. The van der Waals surface area contributed by atoms with E-state index in [4.69, 9.17) is 16.3 Å². The minimum atomic E-state index is 0.420. The van der Waals surface area contributed by atoms with Gasteiger partial charge in [-0.25, -0.2) is 4.98 Å². The quantitative estimate of drug-likeness (QED) is 0.895. The molecule has 0 saturated heterocycles. The van der Waals surface area contributed by atoms with Crippen LogP contribution in [0, 0.1) is 0 Å². The lowest BCUT2D eigenvalue weighted by atomic mass is 10.2. The molecule has 0 unspecified atom stereocenters. The number of hydrogen-bond donors (Lipinski definition) is 1. The van der Waals surface area contributed by atoms with Gasteiger partial charge in [0.25, 0.3) is 0 Å². The van der Waals surface area contributed by atoms with Crippen molar-refractivity contribution in [3.05, 3.63) is 53.2 Å². The standard InChI is InChI=1S/C15H17ClN2O/c1-11(2)18-10-12-4-3-9-17-15(12)19-14-7-5-13(16)6-8-14/h3-9,11,18H,10H2,1-2H3. The van der Waals surface area contributed by atoms with Crippen LogP contribution < -0.4 is 10.1 Å². The minimum Gasteiger partial charge on any atom is -0.439 e. The summed E-state index contributed by atoms with van der Waals surface area (Å²) in [7, 11) is 0. The summed E-state index contributed by atoms with van der Waals surface area (Å²) in [5.41, 5.74) is 1.03. The zero-order chi connectivity index (χ0) is 13.7. The van der Waals surface area contributed by atoms with Crippen LogP contribution in [0.3, 0.4) is 0 Å². The molecule has 0 aliphatic heterocycles. The largest absolute Gasteiger partial charge is 0.439 e. The van der Waals surface area contributed by atoms with Crippen LogP contribution in [0.2, 0.25) is 5.02 Å². The maximum atomic E-state index is 5.85. The minimum absolute atomic E-state index is 0.420. The number of benzene rings is 1. The van der Waals surface area contributed by atoms with Gasteiger partial charge in [0.1, 0.15) is 5.75 Å². The summed E-state index contributed by atoms with van der Waals surface area (Å²) in [6, 6.07) is 11.6. The van der Waals surface area contributed by atoms with E-state index >= 15 is 0 Å². The second-order valence-electron chi connectivity index (χ2n) is 4.56. The van der Waals surface area contributed by atoms with Crippen LogP contribution in [0.15, 0.2) is 42.6 Å². The highest BCUT2D eigenvalue weighted by Gasteiger charge is 2.06. The van der Waals surface area contributed by atoms with Gasteiger partial charge >= 0.3 is 0 Å². The lowest BCUT2D eigenvalue weighted by Crippen LogP contribution is -2.22. The molecule has 0 amide bonds. The van der Waals surface area contributed by atoms with E-state index in [0.29, 0.717) is 16.9 Å². The average Bonchev–Trinajstić information content (AvgIpc) is 2.40. The molecule has 1 heterocycles. The van der Waals surface area contributed by atoms with Gasteiger partial charge < -0.3 is 10.1 Å². The molecule has 100 valence electrons. The molecule has 0 spiro atoms. The van der Waals surface area contributed by atoms with Crippen LogP contribution in [0.5, 0.6) is 11.6 Å². The molecule has 1 aromatic heterocycles. The molecular formula is C15H17ClN2O. The van der Waals surface area contributed by atoms with Crippen LogP contribution in [-0.2, 0) is 6.54 Å². The second-order valence-corrected chi connectivity index (χ2v) is 5.00. The first-order valence-electron chi connectivity index (χ1n) is 6.26.